The molecule has 4 N–H and O–H groups in total. The molecule has 0 aromatic rings. The van der Waals surface area contributed by atoms with Gasteiger partial charge in [0.25, 0.3) is 0 Å². The van der Waals surface area contributed by atoms with Gasteiger partial charge in [-0.15, -0.1) is 0 Å². The predicted molar refractivity (Wildman–Crippen MR) is 106 cm³/mol. The average molecular weight is 415 g/mol. The Bertz CT molecular complexity index is 583. The predicted octanol–water partition coefficient (Wildman–Crippen LogP) is 0.301. The molecular weight excluding hydrogens is 380 g/mol. The average Bonchev–Trinajstić information content (AvgIpc) is 2.71. The Hall–Kier alpha value is -2.49. The number of nitrogens with zero attached hydrogens (tertiary/aromatic N) is 2. The summed E-state index contributed by atoms with van der Waals surface area (Å²) in [6, 6.07) is -2.12. The number of aliphatic carboxylic acids is 1. The lowest BCUT2D eigenvalue weighted by molar-refractivity contribution is -0.176. The van der Waals surface area contributed by atoms with E-state index in [0.717, 1.165) is 11.4 Å². The number of nitrogens with two attached hydrogens (primary N) is 1. The van der Waals surface area contributed by atoms with E-state index in [0.29, 0.717) is 38.0 Å². The molecule has 3 unspecified atom stereocenters. The second-order valence-corrected chi connectivity index (χ2v) is 6.94. The molecule has 1 rings (SSSR count). The van der Waals surface area contributed by atoms with Crippen molar-refractivity contribution in [1.29, 1.82) is 0 Å². The Morgan fingerprint density at radius 3 is 2.38 bits per heavy atom. The number of amides is 3. The highest BCUT2D eigenvalue weighted by atomic mass is 16.4. The first-order valence-corrected chi connectivity index (χ1v) is 9.86. The van der Waals surface area contributed by atoms with Crippen LogP contribution in [0.15, 0.2) is 0 Å². The first-order valence-electron chi connectivity index (χ1n) is 9.86. The smallest absolute Gasteiger partial charge is 0.305 e. The maximum Gasteiger partial charge on any atom is 0.305 e. The second-order valence-electron chi connectivity index (χ2n) is 6.94. The fraction of sp³-hybridized carbons (Fsp3) is 0.737. The van der Waals surface area contributed by atoms with Crippen molar-refractivity contribution in [3.05, 3.63) is 0 Å². The fourth-order valence-corrected chi connectivity index (χ4v) is 3.01. The van der Waals surface area contributed by atoms with Crippen LogP contribution in [-0.4, -0.2) is 70.8 Å². The number of carboxylic acids is 1. The monoisotopic (exact) mass is 414 g/mol. The summed E-state index contributed by atoms with van der Waals surface area (Å²) in [5, 5.41) is 13.6. The summed E-state index contributed by atoms with van der Waals surface area (Å²) in [4.78, 5) is 59.1. The van der Waals surface area contributed by atoms with Crippen molar-refractivity contribution >= 4 is 30.0 Å². The highest BCUT2D eigenvalue weighted by Crippen LogP contribution is 2.21. The molecule has 29 heavy (non-hydrogen) atoms. The van der Waals surface area contributed by atoms with Crippen LogP contribution < -0.4 is 11.1 Å². The van der Waals surface area contributed by atoms with E-state index in [9.17, 15) is 24.0 Å². The van der Waals surface area contributed by atoms with Crippen LogP contribution in [0, 0.1) is 5.92 Å². The number of nitrogens with one attached hydrogen (secondary N) is 1. The molecule has 0 radical (unpaired) electrons. The molecule has 1 aliphatic rings. The molecule has 0 aromatic heterocycles. The quantitative estimate of drug-likeness (QED) is 0.459. The van der Waals surface area contributed by atoms with Crippen LogP contribution in [0.5, 0.6) is 0 Å². The van der Waals surface area contributed by atoms with Gasteiger partial charge in [-0.2, -0.15) is 0 Å². The lowest BCUT2D eigenvalue weighted by Gasteiger charge is -2.43. The van der Waals surface area contributed by atoms with E-state index in [1.807, 2.05) is 13.8 Å². The Labute approximate surface area is 171 Å². The van der Waals surface area contributed by atoms with Gasteiger partial charge in [0, 0.05) is 19.9 Å². The summed E-state index contributed by atoms with van der Waals surface area (Å²) < 4.78 is 0. The highest BCUT2D eigenvalue weighted by Gasteiger charge is 2.38. The van der Waals surface area contributed by atoms with E-state index < -0.39 is 36.3 Å². The number of carbonyl (C=O) groups is 5. The van der Waals surface area contributed by atoms with Gasteiger partial charge in [0.15, 0.2) is 0 Å². The van der Waals surface area contributed by atoms with E-state index in [1.54, 1.807) is 0 Å². The van der Waals surface area contributed by atoms with Crippen molar-refractivity contribution in [2.24, 2.45) is 11.7 Å². The minimum Gasteiger partial charge on any atom is -0.481 e. The van der Waals surface area contributed by atoms with Gasteiger partial charge in [0.1, 0.15) is 12.3 Å². The molecule has 1 heterocycles. The zero-order valence-electron chi connectivity index (χ0n) is 17.7. The minimum absolute atomic E-state index is 0.222. The van der Waals surface area contributed by atoms with Crippen molar-refractivity contribution in [3.63, 3.8) is 0 Å². The van der Waals surface area contributed by atoms with Crippen LogP contribution in [-0.2, 0) is 24.0 Å². The molecule has 1 fully saturated rings. The Kier molecular flexibility index (Phi) is 12.5. The van der Waals surface area contributed by atoms with Gasteiger partial charge in [0.05, 0.1) is 12.5 Å². The third-order valence-corrected chi connectivity index (χ3v) is 4.75. The molecule has 10 heteroatoms. The van der Waals surface area contributed by atoms with Gasteiger partial charge < -0.3 is 21.0 Å². The van der Waals surface area contributed by atoms with E-state index >= 15 is 0 Å². The van der Waals surface area contributed by atoms with Crippen LogP contribution in [0.3, 0.4) is 0 Å². The van der Waals surface area contributed by atoms with Crippen LogP contribution in [0.2, 0.25) is 0 Å². The van der Waals surface area contributed by atoms with Crippen LogP contribution >= 0.6 is 0 Å². The molecular formula is C19H34N4O6. The van der Waals surface area contributed by atoms with Gasteiger partial charge in [-0.05, 0) is 32.2 Å². The normalized spacial score (nSPS) is 18.0. The summed E-state index contributed by atoms with van der Waals surface area (Å²) >= 11 is 0. The third-order valence-electron chi connectivity index (χ3n) is 4.75. The van der Waals surface area contributed by atoms with E-state index in [2.05, 4.69) is 11.1 Å². The molecule has 0 bridgehead atoms. The molecule has 166 valence electrons. The SMILES string of the molecule is CCC(C)CCC(=O)N1CCCC(C(=O)NC(C=O)CC(=O)O)N1C(C)=O.CN. The maximum atomic E-state index is 12.6. The van der Waals surface area contributed by atoms with Crippen molar-refractivity contribution in [2.75, 3.05) is 13.6 Å². The molecule has 3 amide bonds. The van der Waals surface area contributed by atoms with Crippen molar-refractivity contribution < 1.29 is 29.1 Å². The lowest BCUT2D eigenvalue weighted by Crippen LogP contribution is -2.62. The highest BCUT2D eigenvalue weighted by molar-refractivity contribution is 5.91. The standard InChI is InChI=1S/C18H29N3O6.CH5N/c1-4-12(2)7-8-16(24)20-9-5-6-15(21(20)13(3)23)18(27)19-14(11-22)10-17(25)26;1-2/h11-12,14-15H,4-10H2,1-3H3,(H,19,27)(H,25,26);2H2,1H3. The number of carbonyl (C=O) groups excluding carboxylic acids is 4. The molecule has 0 saturated carbocycles. The molecule has 0 spiro atoms. The van der Waals surface area contributed by atoms with Crippen molar-refractivity contribution in [3.8, 4) is 0 Å². The third kappa shape index (κ3) is 8.59. The summed E-state index contributed by atoms with van der Waals surface area (Å²) in [5.41, 5.74) is 4.50. The molecule has 0 aliphatic carbocycles. The van der Waals surface area contributed by atoms with Gasteiger partial charge in [0.2, 0.25) is 17.7 Å². The largest absolute Gasteiger partial charge is 0.481 e. The number of aldehydes is 1. The zero-order chi connectivity index (χ0) is 22.6. The van der Waals surface area contributed by atoms with Gasteiger partial charge in [-0.3, -0.25) is 24.2 Å². The zero-order valence-corrected chi connectivity index (χ0v) is 17.7. The Morgan fingerprint density at radius 1 is 1.28 bits per heavy atom. The lowest BCUT2D eigenvalue weighted by atomic mass is 10.0. The summed E-state index contributed by atoms with van der Waals surface area (Å²) in [5.74, 6) is -2.15. The first kappa shape index (κ1) is 26.5. The molecule has 0 aromatic carbocycles. The van der Waals surface area contributed by atoms with E-state index in [1.165, 1.54) is 19.0 Å². The van der Waals surface area contributed by atoms with E-state index in [-0.39, 0.29) is 12.3 Å². The number of hydrazine groups is 1. The molecule has 1 aliphatic heterocycles. The summed E-state index contributed by atoms with van der Waals surface area (Å²) in [6.45, 7) is 5.70. The number of carboxylic acid groups (broad SMARTS) is 1. The first-order chi connectivity index (χ1) is 13.7. The number of rotatable bonds is 9. The molecule has 10 nitrogen and oxygen atoms in total. The van der Waals surface area contributed by atoms with Crippen LogP contribution in [0.1, 0.15) is 59.3 Å². The van der Waals surface area contributed by atoms with Crippen LogP contribution in [0.4, 0.5) is 0 Å². The summed E-state index contributed by atoms with van der Waals surface area (Å²) in [7, 11) is 1.50. The van der Waals surface area contributed by atoms with Gasteiger partial charge >= 0.3 is 5.97 Å². The number of hydrogen-bond donors (Lipinski definition) is 3. The number of hydrogen-bond acceptors (Lipinski definition) is 6. The van der Waals surface area contributed by atoms with Gasteiger partial charge in [-0.25, -0.2) is 5.01 Å². The maximum absolute atomic E-state index is 12.6. The van der Waals surface area contributed by atoms with E-state index in [4.69, 9.17) is 5.11 Å². The topological polar surface area (TPSA) is 150 Å². The Balaban J connectivity index is 0.00000379. The molecule has 3 atom stereocenters. The summed E-state index contributed by atoms with van der Waals surface area (Å²) in [6.07, 6.45) is 2.59. The fourth-order valence-electron chi connectivity index (χ4n) is 3.01. The molecule has 1 saturated heterocycles. The van der Waals surface area contributed by atoms with Gasteiger partial charge in [-0.1, -0.05) is 20.3 Å². The van der Waals surface area contributed by atoms with Crippen LogP contribution in [0.25, 0.3) is 0 Å². The van der Waals surface area contributed by atoms with Crippen molar-refractivity contribution in [1.82, 2.24) is 15.3 Å². The Morgan fingerprint density at radius 2 is 1.90 bits per heavy atom. The second kappa shape index (κ2) is 13.6. The minimum atomic E-state index is -1.22. The van der Waals surface area contributed by atoms with Crippen molar-refractivity contribution in [2.45, 2.75) is 71.4 Å².